The molecule has 2 rings (SSSR count). The number of hydrogen-bond donors (Lipinski definition) is 1. The van der Waals surface area contributed by atoms with E-state index in [-0.39, 0.29) is 0 Å². The zero-order valence-electron chi connectivity index (χ0n) is 12.2. The molecule has 1 saturated heterocycles. The van der Waals surface area contributed by atoms with Crippen LogP contribution in [0.2, 0.25) is 0 Å². The van der Waals surface area contributed by atoms with Crippen LogP contribution in [0.3, 0.4) is 0 Å². The molecule has 6 nitrogen and oxygen atoms in total. The number of piperazine rings is 1. The molecule has 2 heterocycles. The van der Waals surface area contributed by atoms with E-state index in [9.17, 15) is 0 Å². The number of hydrogen-bond acceptors (Lipinski definition) is 6. The monoisotopic (exact) mass is 274 g/mol. The van der Waals surface area contributed by atoms with E-state index in [0.29, 0.717) is 11.3 Å². The van der Waals surface area contributed by atoms with Crippen molar-refractivity contribution in [3.8, 4) is 6.07 Å². The molecule has 108 valence electrons. The third-order valence-corrected chi connectivity index (χ3v) is 3.56. The van der Waals surface area contributed by atoms with Crippen LogP contribution in [0, 0.1) is 11.3 Å². The van der Waals surface area contributed by atoms with Gasteiger partial charge in [-0.25, -0.2) is 4.98 Å². The summed E-state index contributed by atoms with van der Waals surface area (Å²) in [5.74, 6) is 0.802. The molecule has 0 amide bonds. The highest BCUT2D eigenvalue weighted by atomic mass is 15.3. The Balaban J connectivity index is 1.92. The van der Waals surface area contributed by atoms with E-state index >= 15 is 0 Å². The zero-order valence-corrected chi connectivity index (χ0v) is 12.2. The van der Waals surface area contributed by atoms with E-state index in [2.05, 4.69) is 39.8 Å². The molecule has 0 saturated carbocycles. The largest absolute Gasteiger partial charge is 0.396 e. The highest BCUT2D eigenvalue weighted by Gasteiger charge is 2.19. The SMILES string of the molecule is CN(C)CCN1CCN(c2ncc(C#N)cc2N)CC1. The molecule has 0 radical (unpaired) electrons. The van der Waals surface area contributed by atoms with Crippen LogP contribution in [0.5, 0.6) is 0 Å². The second-order valence-electron chi connectivity index (χ2n) is 5.38. The van der Waals surface area contributed by atoms with Crippen LogP contribution in [0.1, 0.15) is 5.56 Å². The molecule has 1 aromatic rings. The maximum Gasteiger partial charge on any atom is 0.151 e. The van der Waals surface area contributed by atoms with Crippen molar-refractivity contribution in [1.29, 1.82) is 5.26 Å². The van der Waals surface area contributed by atoms with Gasteiger partial charge in [0.05, 0.1) is 11.3 Å². The minimum atomic E-state index is 0.510. The Kier molecular flexibility index (Phi) is 4.77. The number of pyridine rings is 1. The lowest BCUT2D eigenvalue weighted by atomic mass is 10.2. The number of likely N-dealkylation sites (N-methyl/N-ethyl adjacent to an activating group) is 1. The maximum absolute atomic E-state index is 8.83. The van der Waals surface area contributed by atoms with E-state index in [1.165, 1.54) is 0 Å². The third kappa shape index (κ3) is 3.59. The van der Waals surface area contributed by atoms with Crippen LogP contribution < -0.4 is 10.6 Å². The number of nitriles is 1. The average molecular weight is 274 g/mol. The fourth-order valence-corrected chi connectivity index (χ4v) is 2.32. The van der Waals surface area contributed by atoms with E-state index < -0.39 is 0 Å². The van der Waals surface area contributed by atoms with Crippen molar-refractivity contribution in [3.05, 3.63) is 17.8 Å². The summed E-state index contributed by atoms with van der Waals surface area (Å²) in [4.78, 5) is 11.2. The summed E-state index contributed by atoms with van der Waals surface area (Å²) < 4.78 is 0. The third-order valence-electron chi connectivity index (χ3n) is 3.56. The van der Waals surface area contributed by atoms with Crippen LogP contribution in [-0.2, 0) is 0 Å². The normalized spacial score (nSPS) is 16.4. The molecule has 20 heavy (non-hydrogen) atoms. The van der Waals surface area contributed by atoms with Gasteiger partial charge in [-0.05, 0) is 20.2 Å². The van der Waals surface area contributed by atoms with Crippen molar-refractivity contribution in [1.82, 2.24) is 14.8 Å². The van der Waals surface area contributed by atoms with Gasteiger partial charge in [0.2, 0.25) is 0 Å². The first-order valence-electron chi connectivity index (χ1n) is 6.88. The zero-order chi connectivity index (χ0) is 14.5. The lowest BCUT2D eigenvalue weighted by Gasteiger charge is -2.36. The van der Waals surface area contributed by atoms with Crippen molar-refractivity contribution in [2.45, 2.75) is 0 Å². The summed E-state index contributed by atoms with van der Waals surface area (Å²) in [5.41, 5.74) is 7.08. The predicted molar refractivity (Wildman–Crippen MR) is 80.6 cm³/mol. The fraction of sp³-hybridized carbons (Fsp3) is 0.571. The van der Waals surface area contributed by atoms with E-state index in [1.54, 1.807) is 12.3 Å². The highest BCUT2D eigenvalue weighted by molar-refractivity contribution is 5.64. The Hall–Kier alpha value is -1.84. The molecule has 0 spiro atoms. The number of nitrogen functional groups attached to an aromatic ring is 1. The van der Waals surface area contributed by atoms with Gasteiger partial charge < -0.3 is 15.5 Å². The predicted octanol–water partition coefficient (Wildman–Crippen LogP) is 0.219. The molecule has 0 bridgehead atoms. The highest BCUT2D eigenvalue weighted by Crippen LogP contribution is 2.22. The summed E-state index contributed by atoms with van der Waals surface area (Å²) in [6.45, 7) is 6.07. The molecule has 1 fully saturated rings. The van der Waals surface area contributed by atoms with Gasteiger partial charge >= 0.3 is 0 Å². The summed E-state index contributed by atoms with van der Waals surface area (Å²) in [5, 5.41) is 8.83. The van der Waals surface area contributed by atoms with Crippen LogP contribution in [0.25, 0.3) is 0 Å². The van der Waals surface area contributed by atoms with Crippen molar-refractivity contribution >= 4 is 11.5 Å². The minimum Gasteiger partial charge on any atom is -0.396 e. The van der Waals surface area contributed by atoms with Gasteiger partial charge in [-0.1, -0.05) is 0 Å². The Labute approximate surface area is 120 Å². The van der Waals surface area contributed by atoms with E-state index in [4.69, 9.17) is 11.0 Å². The number of aromatic nitrogens is 1. The van der Waals surface area contributed by atoms with Gasteiger partial charge in [0, 0.05) is 45.5 Å². The van der Waals surface area contributed by atoms with Crippen molar-refractivity contribution in [2.75, 3.05) is 64.0 Å². The topological polar surface area (TPSA) is 72.4 Å². The molecule has 1 aromatic heterocycles. The molecule has 0 aliphatic carbocycles. The first kappa shape index (κ1) is 14.6. The summed E-state index contributed by atoms with van der Waals surface area (Å²) in [6, 6.07) is 3.75. The fourth-order valence-electron chi connectivity index (χ4n) is 2.32. The van der Waals surface area contributed by atoms with Gasteiger partial charge in [-0.15, -0.1) is 0 Å². The molecule has 6 heteroatoms. The summed E-state index contributed by atoms with van der Waals surface area (Å²) in [7, 11) is 4.19. The average Bonchev–Trinajstić information content (AvgIpc) is 2.45. The number of rotatable bonds is 4. The van der Waals surface area contributed by atoms with E-state index in [0.717, 1.165) is 45.1 Å². The summed E-state index contributed by atoms with van der Waals surface area (Å²) in [6.07, 6.45) is 1.59. The van der Waals surface area contributed by atoms with Gasteiger partial charge in [-0.3, -0.25) is 4.90 Å². The summed E-state index contributed by atoms with van der Waals surface area (Å²) >= 11 is 0. The second-order valence-corrected chi connectivity index (χ2v) is 5.38. The van der Waals surface area contributed by atoms with Gasteiger partial charge in [0.15, 0.2) is 5.82 Å². The van der Waals surface area contributed by atoms with Crippen LogP contribution >= 0.6 is 0 Å². The van der Waals surface area contributed by atoms with Crippen LogP contribution in [-0.4, -0.2) is 68.1 Å². The van der Waals surface area contributed by atoms with Crippen molar-refractivity contribution in [2.24, 2.45) is 0 Å². The lowest BCUT2D eigenvalue weighted by molar-refractivity contribution is 0.229. The minimum absolute atomic E-state index is 0.510. The molecule has 1 aliphatic rings. The van der Waals surface area contributed by atoms with Crippen LogP contribution in [0.4, 0.5) is 11.5 Å². The molecular weight excluding hydrogens is 252 g/mol. The standard InChI is InChI=1S/C14H22N6/c1-18(2)3-4-19-5-7-20(8-6-19)14-13(16)9-12(10-15)11-17-14/h9,11H,3-8,16H2,1-2H3. The Morgan fingerprint density at radius 3 is 2.60 bits per heavy atom. The Morgan fingerprint density at radius 2 is 2.05 bits per heavy atom. The second kappa shape index (κ2) is 6.55. The molecule has 0 atom stereocenters. The number of anilines is 2. The molecule has 2 N–H and O–H groups in total. The molecule has 0 aromatic carbocycles. The lowest BCUT2D eigenvalue weighted by Crippen LogP contribution is -2.48. The maximum atomic E-state index is 8.83. The molecular formula is C14H22N6. The quantitative estimate of drug-likeness (QED) is 0.847. The van der Waals surface area contributed by atoms with Crippen molar-refractivity contribution in [3.63, 3.8) is 0 Å². The van der Waals surface area contributed by atoms with Gasteiger partial charge in [0.1, 0.15) is 6.07 Å². The van der Waals surface area contributed by atoms with Gasteiger partial charge in [-0.2, -0.15) is 5.26 Å². The van der Waals surface area contributed by atoms with Crippen LogP contribution in [0.15, 0.2) is 12.3 Å². The van der Waals surface area contributed by atoms with E-state index in [1.807, 2.05) is 0 Å². The van der Waals surface area contributed by atoms with Crippen molar-refractivity contribution < 1.29 is 0 Å². The number of nitrogens with two attached hydrogens (primary N) is 1. The molecule has 0 unspecified atom stereocenters. The Morgan fingerprint density at radius 1 is 1.35 bits per heavy atom. The first-order valence-corrected chi connectivity index (χ1v) is 6.88. The molecule has 1 aliphatic heterocycles. The number of nitrogens with zero attached hydrogens (tertiary/aromatic N) is 5. The first-order chi connectivity index (χ1) is 9.60. The smallest absolute Gasteiger partial charge is 0.151 e. The van der Waals surface area contributed by atoms with Gasteiger partial charge in [0.25, 0.3) is 0 Å². The Bertz CT molecular complexity index is 485.